The molecule has 0 unspecified atom stereocenters. The van der Waals surface area contributed by atoms with Gasteiger partial charge >= 0.3 is 0 Å². The van der Waals surface area contributed by atoms with Gasteiger partial charge in [0.2, 0.25) is 0 Å². The Morgan fingerprint density at radius 1 is 0.518 bits per heavy atom. The maximum Gasteiger partial charge on any atom is 0.159 e. The molecule has 7 aromatic rings. The van der Waals surface area contributed by atoms with E-state index in [0.717, 1.165) is 45.1 Å². The first-order valence-corrected chi connectivity index (χ1v) is 21.4. The lowest BCUT2D eigenvalue weighted by Gasteiger charge is -2.61. The van der Waals surface area contributed by atoms with Gasteiger partial charge in [-0.3, -0.25) is 0 Å². The third-order valence-corrected chi connectivity index (χ3v) is 15.7. The van der Waals surface area contributed by atoms with E-state index in [9.17, 15) is 0 Å². The Balaban J connectivity index is 1.09. The van der Waals surface area contributed by atoms with Crippen molar-refractivity contribution in [2.24, 2.45) is 23.7 Å². The number of nitrogens with zero attached hydrogens (tertiary/aromatic N) is 1. The molecule has 278 valence electrons. The highest BCUT2D eigenvalue weighted by Crippen LogP contribution is 2.70. The van der Waals surface area contributed by atoms with Crippen LogP contribution in [0.3, 0.4) is 0 Å². The summed E-state index contributed by atoms with van der Waals surface area (Å²) in [6.07, 6.45) is 9.40. The Kier molecular flexibility index (Phi) is 6.80. The van der Waals surface area contributed by atoms with Gasteiger partial charge in [-0.05, 0) is 149 Å². The summed E-state index contributed by atoms with van der Waals surface area (Å²) in [5, 5.41) is 2.32. The van der Waals surface area contributed by atoms with E-state index in [4.69, 9.17) is 4.42 Å². The van der Waals surface area contributed by atoms with Gasteiger partial charge in [-0.1, -0.05) is 125 Å². The van der Waals surface area contributed by atoms with E-state index in [1.54, 1.807) is 11.1 Å². The van der Waals surface area contributed by atoms with E-state index in [-0.39, 0.29) is 16.2 Å². The van der Waals surface area contributed by atoms with Crippen molar-refractivity contribution in [3.05, 3.63) is 150 Å². The van der Waals surface area contributed by atoms with Crippen molar-refractivity contribution in [1.82, 2.24) is 0 Å². The Labute approximate surface area is 331 Å². The molecule has 4 bridgehead atoms. The first-order valence-electron chi connectivity index (χ1n) is 21.4. The summed E-state index contributed by atoms with van der Waals surface area (Å²) < 4.78 is 6.84. The second-order valence-electron chi connectivity index (χ2n) is 19.5. The van der Waals surface area contributed by atoms with E-state index >= 15 is 0 Å². The number of hydrogen-bond acceptors (Lipinski definition) is 2. The Morgan fingerprint density at radius 3 is 1.93 bits per heavy atom. The molecule has 1 heterocycles. The SMILES string of the molecule is CC1(C)CCC(C)(C)c2c(-c3ccc(N(c4cccc5c4-c4ccccc4C54C5CC6CC(C5)CC4C6)c4cccc5c4oc4ccccc45)cc3)cccc21. The first kappa shape index (κ1) is 33.1. The van der Waals surface area contributed by atoms with E-state index in [1.807, 2.05) is 0 Å². The van der Waals surface area contributed by atoms with Gasteiger partial charge in [0.25, 0.3) is 0 Å². The molecule has 4 saturated carbocycles. The van der Waals surface area contributed by atoms with E-state index < -0.39 is 0 Å². The van der Waals surface area contributed by atoms with Crippen molar-refractivity contribution in [1.29, 1.82) is 0 Å². The monoisotopic (exact) mass is 729 g/mol. The van der Waals surface area contributed by atoms with Gasteiger partial charge in [0.05, 0.1) is 11.4 Å². The zero-order valence-corrected chi connectivity index (χ0v) is 33.2. The quantitative estimate of drug-likeness (QED) is 0.179. The standard InChI is InChI=1S/C54H51NO/c1-52(2)26-27-53(3,4)50-39(14-9-18-45(50)52)35-22-24-38(25-23-35)55(47-20-10-15-41-40-12-6-8-21-48(40)56-51(41)47)46-19-11-17-44-49(46)42-13-5-7-16-43(42)54(44)36-29-33-28-34(31-36)32-37(54)30-33/h5-25,33-34,36-37H,26-32H2,1-4H3. The molecule has 1 spiro atoms. The number of hydrogen-bond donors (Lipinski definition) is 0. The number of benzene rings is 6. The summed E-state index contributed by atoms with van der Waals surface area (Å²) in [4.78, 5) is 2.53. The van der Waals surface area contributed by atoms with Crippen molar-refractivity contribution >= 4 is 39.0 Å². The third-order valence-electron chi connectivity index (χ3n) is 15.7. The Hall–Kier alpha value is -5.08. The zero-order chi connectivity index (χ0) is 37.6. The fourth-order valence-electron chi connectivity index (χ4n) is 13.4. The van der Waals surface area contributed by atoms with Crippen LogP contribution in [0.5, 0.6) is 0 Å². The molecule has 2 nitrogen and oxygen atoms in total. The van der Waals surface area contributed by atoms with Crippen molar-refractivity contribution in [3.8, 4) is 22.3 Å². The van der Waals surface area contributed by atoms with Crippen molar-refractivity contribution in [2.75, 3.05) is 4.90 Å². The van der Waals surface area contributed by atoms with Gasteiger partial charge in [0.15, 0.2) is 5.58 Å². The largest absolute Gasteiger partial charge is 0.454 e. The Bertz CT molecular complexity index is 2700. The van der Waals surface area contributed by atoms with Crippen molar-refractivity contribution < 1.29 is 4.42 Å². The maximum atomic E-state index is 6.84. The highest BCUT2D eigenvalue weighted by atomic mass is 16.3. The molecule has 6 aromatic carbocycles. The first-order chi connectivity index (χ1) is 27.2. The van der Waals surface area contributed by atoms with E-state index in [0.29, 0.717) is 11.8 Å². The van der Waals surface area contributed by atoms with Crippen LogP contribution in [0.4, 0.5) is 17.1 Å². The summed E-state index contributed by atoms with van der Waals surface area (Å²) >= 11 is 0. The molecule has 13 rings (SSSR count). The Morgan fingerprint density at radius 2 is 1.12 bits per heavy atom. The predicted octanol–water partition coefficient (Wildman–Crippen LogP) is 14.8. The fraction of sp³-hybridized carbons (Fsp3) is 0.333. The van der Waals surface area contributed by atoms with E-state index in [2.05, 4.69) is 160 Å². The van der Waals surface area contributed by atoms with Crippen molar-refractivity contribution in [2.45, 2.75) is 88.9 Å². The van der Waals surface area contributed by atoms with Gasteiger partial charge < -0.3 is 9.32 Å². The molecular weight excluding hydrogens is 679 g/mol. The zero-order valence-electron chi connectivity index (χ0n) is 33.2. The van der Waals surface area contributed by atoms with Crippen LogP contribution in [0.1, 0.15) is 94.9 Å². The topological polar surface area (TPSA) is 16.4 Å². The molecular formula is C54H51NO. The van der Waals surface area contributed by atoms with Gasteiger partial charge in [0, 0.05) is 27.4 Å². The molecule has 56 heavy (non-hydrogen) atoms. The minimum absolute atomic E-state index is 0.100. The highest BCUT2D eigenvalue weighted by molar-refractivity contribution is 6.11. The van der Waals surface area contributed by atoms with Crippen LogP contribution in [0.15, 0.2) is 132 Å². The number of fused-ring (bicyclic) bond motifs is 7. The molecule has 6 aliphatic carbocycles. The molecule has 0 aliphatic heterocycles. The van der Waals surface area contributed by atoms with Gasteiger partial charge in [-0.15, -0.1) is 0 Å². The molecule has 0 amide bonds. The molecule has 0 saturated heterocycles. The summed E-state index contributed by atoms with van der Waals surface area (Å²) in [5.41, 5.74) is 17.5. The fourth-order valence-corrected chi connectivity index (χ4v) is 13.4. The lowest BCUT2D eigenvalue weighted by Crippen LogP contribution is -2.55. The molecule has 1 aromatic heterocycles. The molecule has 0 atom stereocenters. The van der Waals surface area contributed by atoms with Crippen molar-refractivity contribution in [3.63, 3.8) is 0 Å². The molecule has 0 radical (unpaired) electrons. The average molecular weight is 730 g/mol. The average Bonchev–Trinajstić information content (AvgIpc) is 3.74. The van der Waals surface area contributed by atoms with E-state index in [1.165, 1.54) is 84.0 Å². The smallest absolute Gasteiger partial charge is 0.159 e. The number of rotatable bonds is 4. The normalized spacial score (nSPS) is 26.1. The summed E-state index contributed by atoms with van der Waals surface area (Å²) in [6.45, 7) is 9.74. The predicted molar refractivity (Wildman–Crippen MR) is 232 cm³/mol. The van der Waals surface area contributed by atoms with Gasteiger partial charge in [-0.2, -0.15) is 0 Å². The third kappa shape index (κ3) is 4.39. The van der Waals surface area contributed by atoms with Gasteiger partial charge in [-0.25, -0.2) is 0 Å². The molecule has 2 heteroatoms. The van der Waals surface area contributed by atoms with Crippen LogP contribution in [0, 0.1) is 23.7 Å². The number of anilines is 3. The van der Waals surface area contributed by atoms with Crippen LogP contribution in [0.25, 0.3) is 44.2 Å². The maximum absolute atomic E-state index is 6.84. The second-order valence-corrected chi connectivity index (χ2v) is 19.5. The summed E-state index contributed by atoms with van der Waals surface area (Å²) in [5.74, 6) is 3.26. The highest BCUT2D eigenvalue weighted by Gasteiger charge is 2.62. The second kappa shape index (κ2) is 11.5. The molecule has 4 fully saturated rings. The molecule has 6 aliphatic rings. The number of para-hydroxylation sites is 2. The summed E-state index contributed by atoms with van der Waals surface area (Å²) in [7, 11) is 0. The van der Waals surface area contributed by atoms with Crippen LogP contribution < -0.4 is 4.90 Å². The minimum Gasteiger partial charge on any atom is -0.454 e. The van der Waals surface area contributed by atoms with Crippen LogP contribution in [-0.2, 0) is 16.2 Å². The lowest BCUT2D eigenvalue weighted by atomic mass is 9.43. The molecule has 0 N–H and O–H groups in total. The number of furan rings is 1. The van der Waals surface area contributed by atoms with Gasteiger partial charge in [0.1, 0.15) is 5.58 Å². The minimum atomic E-state index is 0.100. The van der Waals surface area contributed by atoms with Crippen LogP contribution in [-0.4, -0.2) is 0 Å². The van der Waals surface area contributed by atoms with Crippen LogP contribution >= 0.6 is 0 Å². The van der Waals surface area contributed by atoms with Crippen LogP contribution in [0.2, 0.25) is 0 Å². The lowest BCUT2D eigenvalue weighted by molar-refractivity contribution is -0.0399. The summed E-state index contributed by atoms with van der Waals surface area (Å²) in [6, 6.07) is 48.5.